The van der Waals surface area contributed by atoms with Crippen LogP contribution in [0.5, 0.6) is 0 Å². The summed E-state index contributed by atoms with van der Waals surface area (Å²) in [5.74, 6) is 0. The highest BCUT2D eigenvalue weighted by Gasteiger charge is 2.19. The van der Waals surface area contributed by atoms with E-state index in [1.165, 1.54) is 13.8 Å². The molecule has 0 unspecified atom stereocenters. The molecule has 0 aliphatic rings. The van der Waals surface area contributed by atoms with Crippen LogP contribution in [-0.2, 0) is 19.0 Å². The first kappa shape index (κ1) is 12.7. The second kappa shape index (κ2) is 5.44. The zero-order chi connectivity index (χ0) is 10.5. The monoisotopic (exact) mass is 216 g/mol. The minimum Gasteiger partial charge on any atom is -0.289 e. The second-order valence-electron chi connectivity index (χ2n) is 1.89. The van der Waals surface area contributed by atoms with Crippen LogP contribution in [0.3, 0.4) is 0 Å². The van der Waals surface area contributed by atoms with Crippen molar-refractivity contribution in [2.75, 3.05) is 13.1 Å². The lowest BCUT2D eigenvalue weighted by Gasteiger charge is -2.14. The molecule has 0 aromatic rings. The van der Waals surface area contributed by atoms with Crippen LogP contribution in [0.1, 0.15) is 13.8 Å². The first-order valence-corrected chi connectivity index (χ1v) is 4.81. The minimum atomic E-state index is -4.45. The molecule has 0 fully saturated rings. The number of nitrogens with zero attached hydrogens (tertiary/aromatic N) is 2. The molecule has 0 saturated carbocycles. The van der Waals surface area contributed by atoms with Crippen LogP contribution in [0.25, 0.3) is 0 Å². The first-order chi connectivity index (χ1) is 5.91. The SMILES string of the molecule is CCN(O)OS(=O)(=O)ON(O)CC. The number of hydroxylamine groups is 4. The molecule has 0 aromatic carbocycles. The van der Waals surface area contributed by atoms with Crippen molar-refractivity contribution < 1.29 is 27.4 Å². The van der Waals surface area contributed by atoms with Gasteiger partial charge >= 0.3 is 10.4 Å². The van der Waals surface area contributed by atoms with Gasteiger partial charge in [0.15, 0.2) is 0 Å². The van der Waals surface area contributed by atoms with Gasteiger partial charge in [-0.25, -0.2) is 0 Å². The fourth-order valence-corrected chi connectivity index (χ4v) is 0.989. The van der Waals surface area contributed by atoms with E-state index in [2.05, 4.69) is 8.57 Å². The molecule has 2 N–H and O–H groups in total. The summed E-state index contributed by atoms with van der Waals surface area (Å²) in [7, 11) is -4.45. The smallest absolute Gasteiger partial charge is 0.289 e. The van der Waals surface area contributed by atoms with E-state index in [9.17, 15) is 8.42 Å². The van der Waals surface area contributed by atoms with Crippen LogP contribution in [0.4, 0.5) is 0 Å². The third-order valence-corrected chi connectivity index (χ3v) is 1.60. The van der Waals surface area contributed by atoms with Gasteiger partial charge in [0.25, 0.3) is 0 Å². The lowest BCUT2D eigenvalue weighted by atomic mass is 10.8. The summed E-state index contributed by atoms with van der Waals surface area (Å²) in [6, 6.07) is 0. The van der Waals surface area contributed by atoms with E-state index in [0.29, 0.717) is 0 Å². The van der Waals surface area contributed by atoms with Gasteiger partial charge in [-0.3, -0.25) is 10.4 Å². The quantitative estimate of drug-likeness (QED) is 0.574. The zero-order valence-electron chi connectivity index (χ0n) is 7.24. The summed E-state index contributed by atoms with van der Waals surface area (Å²) in [6.07, 6.45) is 0. The van der Waals surface area contributed by atoms with Crippen LogP contribution >= 0.6 is 0 Å². The van der Waals surface area contributed by atoms with Crippen molar-refractivity contribution in [3.05, 3.63) is 0 Å². The number of hydrogen-bond acceptors (Lipinski definition) is 8. The standard InChI is InChI=1S/C4H12N2O6S/c1-3-5(7)11-13(9,10)12-6(8)4-2/h7-8H,3-4H2,1-2H3. The van der Waals surface area contributed by atoms with Gasteiger partial charge in [-0.05, 0) is 24.3 Å². The summed E-state index contributed by atoms with van der Waals surface area (Å²) in [5, 5.41) is 17.4. The molecule has 0 aromatic heterocycles. The predicted molar refractivity (Wildman–Crippen MR) is 39.4 cm³/mol. The maximum Gasteiger partial charge on any atom is 0.436 e. The Morgan fingerprint density at radius 2 is 1.38 bits per heavy atom. The molecule has 0 radical (unpaired) electrons. The van der Waals surface area contributed by atoms with E-state index < -0.39 is 10.4 Å². The van der Waals surface area contributed by atoms with Gasteiger partial charge in [0.1, 0.15) is 0 Å². The molecule has 0 heterocycles. The summed E-state index contributed by atoms with van der Waals surface area (Å²) in [6.45, 7) is 2.76. The average Bonchev–Trinajstić information content (AvgIpc) is 2.02. The first-order valence-electron chi connectivity index (χ1n) is 3.48. The van der Waals surface area contributed by atoms with Crippen LogP contribution in [0, 0.1) is 0 Å². The molecule has 8 nitrogen and oxygen atoms in total. The fraction of sp³-hybridized carbons (Fsp3) is 1.00. The maximum atomic E-state index is 10.7. The van der Waals surface area contributed by atoms with E-state index in [4.69, 9.17) is 10.4 Å². The van der Waals surface area contributed by atoms with Crippen molar-refractivity contribution in [3.63, 3.8) is 0 Å². The predicted octanol–water partition coefficient (Wildman–Crippen LogP) is -0.483. The van der Waals surface area contributed by atoms with Gasteiger partial charge in [0.05, 0.1) is 13.1 Å². The van der Waals surface area contributed by atoms with Gasteiger partial charge in [0.2, 0.25) is 0 Å². The topological polar surface area (TPSA) is 99.5 Å². The number of hydrogen-bond donors (Lipinski definition) is 2. The van der Waals surface area contributed by atoms with Crippen LogP contribution < -0.4 is 0 Å². The number of rotatable bonds is 6. The normalized spacial score (nSPS) is 12.8. The van der Waals surface area contributed by atoms with Gasteiger partial charge in [-0.2, -0.15) is 8.42 Å². The Labute approximate surface area is 76.0 Å². The second-order valence-corrected chi connectivity index (χ2v) is 3.01. The fourth-order valence-electron chi connectivity index (χ4n) is 0.330. The molecule has 0 saturated heterocycles. The van der Waals surface area contributed by atoms with Crippen molar-refractivity contribution in [1.29, 1.82) is 0 Å². The molecule has 0 rings (SSSR count). The summed E-state index contributed by atoms with van der Waals surface area (Å²) >= 11 is 0. The van der Waals surface area contributed by atoms with E-state index in [1.54, 1.807) is 0 Å². The van der Waals surface area contributed by atoms with E-state index in [-0.39, 0.29) is 23.5 Å². The highest BCUT2D eigenvalue weighted by Crippen LogP contribution is 2.00. The van der Waals surface area contributed by atoms with Crippen molar-refractivity contribution in [2.45, 2.75) is 13.8 Å². The van der Waals surface area contributed by atoms with Crippen molar-refractivity contribution >= 4 is 10.4 Å². The van der Waals surface area contributed by atoms with Gasteiger partial charge in [0, 0.05) is 0 Å². The highest BCUT2D eigenvalue weighted by atomic mass is 32.3. The Kier molecular flexibility index (Phi) is 5.32. The lowest BCUT2D eigenvalue weighted by molar-refractivity contribution is -0.313. The highest BCUT2D eigenvalue weighted by molar-refractivity contribution is 7.81. The van der Waals surface area contributed by atoms with Crippen LogP contribution in [0.15, 0.2) is 0 Å². The van der Waals surface area contributed by atoms with Gasteiger partial charge in [-0.15, -0.1) is 8.57 Å². The summed E-state index contributed by atoms with van der Waals surface area (Å²) in [4.78, 5) is 0. The third kappa shape index (κ3) is 5.87. The van der Waals surface area contributed by atoms with E-state index in [0.717, 1.165) is 0 Å². The average molecular weight is 216 g/mol. The molecule has 0 aliphatic heterocycles. The Balaban J connectivity index is 4.09. The Hall–Kier alpha value is -0.290. The summed E-state index contributed by atoms with van der Waals surface area (Å²) in [5.41, 5.74) is 0. The minimum absolute atomic E-state index is 0.0544. The van der Waals surface area contributed by atoms with Crippen molar-refractivity contribution in [2.24, 2.45) is 0 Å². The van der Waals surface area contributed by atoms with Crippen LogP contribution in [0.2, 0.25) is 0 Å². The molecule has 9 heteroatoms. The molecule has 13 heavy (non-hydrogen) atoms. The van der Waals surface area contributed by atoms with Crippen LogP contribution in [-0.4, -0.2) is 42.4 Å². The van der Waals surface area contributed by atoms with Gasteiger partial charge < -0.3 is 0 Å². The van der Waals surface area contributed by atoms with E-state index in [1.807, 2.05) is 0 Å². The van der Waals surface area contributed by atoms with Crippen molar-refractivity contribution in [1.82, 2.24) is 10.5 Å². The Bertz CT molecular complexity index is 211. The molecule has 0 aliphatic carbocycles. The molecular formula is C4H12N2O6S. The molecular weight excluding hydrogens is 204 g/mol. The Morgan fingerprint density at radius 3 is 1.62 bits per heavy atom. The zero-order valence-corrected chi connectivity index (χ0v) is 8.06. The summed E-state index contributed by atoms with van der Waals surface area (Å²) < 4.78 is 29.2. The molecule has 0 spiro atoms. The van der Waals surface area contributed by atoms with E-state index >= 15 is 0 Å². The third-order valence-electron chi connectivity index (χ3n) is 0.896. The molecule has 80 valence electrons. The molecule has 0 atom stereocenters. The Morgan fingerprint density at radius 1 is 1.08 bits per heavy atom. The molecule has 0 amide bonds. The van der Waals surface area contributed by atoms with Crippen molar-refractivity contribution in [3.8, 4) is 0 Å². The maximum absolute atomic E-state index is 10.7. The lowest BCUT2D eigenvalue weighted by Crippen LogP contribution is -2.30. The largest absolute Gasteiger partial charge is 0.436 e. The van der Waals surface area contributed by atoms with Gasteiger partial charge in [-0.1, -0.05) is 0 Å². The molecule has 0 bridgehead atoms.